The van der Waals surface area contributed by atoms with E-state index in [1.807, 2.05) is 0 Å². The van der Waals surface area contributed by atoms with Gasteiger partial charge in [0.25, 0.3) is 0 Å². The minimum Gasteiger partial charge on any atom is -0.330 e. The lowest BCUT2D eigenvalue weighted by molar-refractivity contribution is 0.0660. The van der Waals surface area contributed by atoms with Crippen molar-refractivity contribution in [3.63, 3.8) is 0 Å². The molecule has 1 saturated heterocycles. The van der Waals surface area contributed by atoms with Gasteiger partial charge in [0.1, 0.15) is 0 Å². The maximum absolute atomic E-state index is 6.09. The second-order valence-electron chi connectivity index (χ2n) is 6.82. The van der Waals surface area contributed by atoms with Gasteiger partial charge in [-0.05, 0) is 36.9 Å². The molecule has 0 radical (unpaired) electrons. The monoisotopic (exact) mass is 323 g/mol. The smallest absolute Gasteiger partial charge is 0.0303 e. The lowest BCUT2D eigenvalue weighted by Gasteiger charge is -2.47. The zero-order valence-corrected chi connectivity index (χ0v) is 14.5. The van der Waals surface area contributed by atoms with Crippen LogP contribution in [0.4, 0.5) is 0 Å². The zero-order chi connectivity index (χ0) is 16.7. The average molecular weight is 323 g/mol. The van der Waals surface area contributed by atoms with Crippen molar-refractivity contribution in [2.24, 2.45) is 5.73 Å². The van der Waals surface area contributed by atoms with Crippen LogP contribution in [0.1, 0.15) is 17.5 Å². The van der Waals surface area contributed by atoms with E-state index in [2.05, 4.69) is 70.9 Å². The first-order valence-corrected chi connectivity index (χ1v) is 9.06. The average Bonchev–Trinajstić information content (AvgIpc) is 2.64. The summed E-state index contributed by atoms with van der Waals surface area (Å²) >= 11 is 0. The molecule has 1 heterocycles. The molecule has 1 aliphatic heterocycles. The molecule has 0 amide bonds. The summed E-state index contributed by atoms with van der Waals surface area (Å²) in [5.74, 6) is 0. The number of nitrogens with two attached hydrogens (primary N) is 1. The fourth-order valence-corrected chi connectivity index (χ4v) is 3.98. The number of benzene rings is 2. The Hall–Kier alpha value is -1.68. The highest BCUT2D eigenvalue weighted by Crippen LogP contribution is 2.29. The summed E-state index contributed by atoms with van der Waals surface area (Å²) < 4.78 is 0. The normalized spacial score (nSPS) is 16.2. The first-order valence-electron chi connectivity index (χ1n) is 9.06. The van der Waals surface area contributed by atoms with E-state index in [1.165, 1.54) is 11.1 Å². The van der Waals surface area contributed by atoms with E-state index >= 15 is 0 Å². The lowest BCUT2D eigenvalue weighted by Crippen LogP contribution is -2.59. The molecule has 128 valence electrons. The maximum Gasteiger partial charge on any atom is 0.0303 e. The second kappa shape index (κ2) is 8.43. The predicted octanol–water partition coefficient (Wildman–Crippen LogP) is 2.46. The molecule has 0 unspecified atom stereocenters. The fourth-order valence-electron chi connectivity index (χ4n) is 3.98. The van der Waals surface area contributed by atoms with Gasteiger partial charge < -0.3 is 11.1 Å². The third-order valence-corrected chi connectivity index (χ3v) is 5.15. The van der Waals surface area contributed by atoms with Gasteiger partial charge in [-0.3, -0.25) is 4.90 Å². The van der Waals surface area contributed by atoms with E-state index in [1.54, 1.807) is 0 Å². The predicted molar refractivity (Wildman–Crippen MR) is 101 cm³/mol. The first-order chi connectivity index (χ1) is 11.8. The minimum atomic E-state index is 0.0968. The number of rotatable bonds is 7. The Kier molecular flexibility index (Phi) is 6.02. The molecule has 3 N–H and O–H groups in total. The molecule has 0 aromatic heterocycles. The van der Waals surface area contributed by atoms with Crippen molar-refractivity contribution in [1.29, 1.82) is 0 Å². The standard InChI is InChI=1S/C21H29N3/c22-12-11-21(24-15-13-23-14-16-24,17-19-7-3-1-4-8-19)18-20-9-5-2-6-10-20/h1-10,23H,11-18,22H2. The molecule has 3 rings (SSSR count). The molecule has 0 spiro atoms. The highest BCUT2D eigenvalue weighted by molar-refractivity contribution is 5.23. The van der Waals surface area contributed by atoms with E-state index in [0.29, 0.717) is 0 Å². The first kappa shape index (κ1) is 17.2. The third-order valence-electron chi connectivity index (χ3n) is 5.15. The summed E-state index contributed by atoms with van der Waals surface area (Å²) in [4.78, 5) is 2.68. The van der Waals surface area contributed by atoms with Gasteiger partial charge in [0, 0.05) is 31.7 Å². The van der Waals surface area contributed by atoms with Gasteiger partial charge in [0.15, 0.2) is 0 Å². The minimum absolute atomic E-state index is 0.0968. The summed E-state index contributed by atoms with van der Waals surface area (Å²) in [5.41, 5.74) is 8.99. The molecule has 0 saturated carbocycles. The molecule has 2 aromatic rings. The summed E-state index contributed by atoms with van der Waals surface area (Å²) in [6, 6.07) is 21.7. The van der Waals surface area contributed by atoms with Crippen LogP contribution in [0.3, 0.4) is 0 Å². The van der Waals surface area contributed by atoms with Crippen molar-refractivity contribution in [1.82, 2.24) is 10.2 Å². The number of piperazine rings is 1. The lowest BCUT2D eigenvalue weighted by atomic mass is 9.80. The van der Waals surface area contributed by atoms with Gasteiger partial charge >= 0.3 is 0 Å². The van der Waals surface area contributed by atoms with Crippen molar-refractivity contribution in [3.8, 4) is 0 Å². The van der Waals surface area contributed by atoms with Crippen LogP contribution in [0, 0.1) is 0 Å². The van der Waals surface area contributed by atoms with Crippen molar-refractivity contribution in [2.45, 2.75) is 24.8 Å². The van der Waals surface area contributed by atoms with Gasteiger partial charge in [-0.1, -0.05) is 60.7 Å². The Labute approximate surface area is 145 Å². The van der Waals surface area contributed by atoms with E-state index < -0.39 is 0 Å². The topological polar surface area (TPSA) is 41.3 Å². The Morgan fingerprint density at radius 3 is 1.79 bits per heavy atom. The molecule has 3 heteroatoms. The van der Waals surface area contributed by atoms with Gasteiger partial charge in [0.2, 0.25) is 0 Å². The summed E-state index contributed by atoms with van der Waals surface area (Å²) in [7, 11) is 0. The third kappa shape index (κ3) is 4.23. The van der Waals surface area contributed by atoms with Crippen molar-refractivity contribution >= 4 is 0 Å². The maximum atomic E-state index is 6.09. The number of nitrogens with one attached hydrogen (secondary N) is 1. The highest BCUT2D eigenvalue weighted by Gasteiger charge is 2.36. The van der Waals surface area contributed by atoms with E-state index in [0.717, 1.165) is 52.0 Å². The number of nitrogens with zero attached hydrogens (tertiary/aromatic N) is 1. The van der Waals surface area contributed by atoms with E-state index in [-0.39, 0.29) is 5.54 Å². The van der Waals surface area contributed by atoms with Crippen LogP contribution < -0.4 is 11.1 Å². The molecule has 24 heavy (non-hydrogen) atoms. The molecular weight excluding hydrogens is 294 g/mol. The summed E-state index contributed by atoms with van der Waals surface area (Å²) in [6.07, 6.45) is 3.14. The Bertz CT molecular complexity index is 549. The van der Waals surface area contributed by atoms with Gasteiger partial charge in [-0.25, -0.2) is 0 Å². The summed E-state index contributed by atoms with van der Waals surface area (Å²) in [5, 5.41) is 3.48. The van der Waals surface area contributed by atoms with E-state index in [4.69, 9.17) is 5.73 Å². The molecule has 1 fully saturated rings. The fraction of sp³-hybridized carbons (Fsp3) is 0.429. The second-order valence-corrected chi connectivity index (χ2v) is 6.82. The van der Waals surface area contributed by atoms with Crippen LogP contribution >= 0.6 is 0 Å². The Balaban J connectivity index is 1.92. The molecule has 0 aliphatic carbocycles. The highest BCUT2D eigenvalue weighted by atomic mass is 15.2. The van der Waals surface area contributed by atoms with Crippen LogP contribution in [0.2, 0.25) is 0 Å². The molecule has 0 bridgehead atoms. The number of hydrogen-bond acceptors (Lipinski definition) is 3. The van der Waals surface area contributed by atoms with Crippen molar-refractivity contribution < 1.29 is 0 Å². The quantitative estimate of drug-likeness (QED) is 0.822. The molecule has 2 aromatic carbocycles. The SMILES string of the molecule is NCCC(Cc1ccccc1)(Cc1ccccc1)N1CCNCC1. The van der Waals surface area contributed by atoms with Crippen LogP contribution in [0.25, 0.3) is 0 Å². The zero-order valence-electron chi connectivity index (χ0n) is 14.5. The van der Waals surface area contributed by atoms with Crippen LogP contribution in [0.15, 0.2) is 60.7 Å². The van der Waals surface area contributed by atoms with Crippen LogP contribution in [-0.4, -0.2) is 43.2 Å². The summed E-state index contributed by atoms with van der Waals surface area (Å²) in [6.45, 7) is 5.05. The molecule has 3 nitrogen and oxygen atoms in total. The Morgan fingerprint density at radius 2 is 1.33 bits per heavy atom. The molecule has 1 aliphatic rings. The van der Waals surface area contributed by atoms with Crippen molar-refractivity contribution in [2.75, 3.05) is 32.7 Å². The largest absolute Gasteiger partial charge is 0.330 e. The van der Waals surface area contributed by atoms with Crippen LogP contribution in [-0.2, 0) is 12.8 Å². The van der Waals surface area contributed by atoms with Gasteiger partial charge in [-0.2, -0.15) is 0 Å². The van der Waals surface area contributed by atoms with Crippen molar-refractivity contribution in [3.05, 3.63) is 71.8 Å². The van der Waals surface area contributed by atoms with Gasteiger partial charge in [-0.15, -0.1) is 0 Å². The molecule has 0 atom stereocenters. The van der Waals surface area contributed by atoms with Crippen LogP contribution in [0.5, 0.6) is 0 Å². The van der Waals surface area contributed by atoms with E-state index in [9.17, 15) is 0 Å². The molecular formula is C21H29N3. The number of hydrogen-bond donors (Lipinski definition) is 2. The Morgan fingerprint density at radius 1 is 0.833 bits per heavy atom. The van der Waals surface area contributed by atoms with Gasteiger partial charge in [0.05, 0.1) is 0 Å².